The van der Waals surface area contributed by atoms with Gasteiger partial charge in [-0.3, -0.25) is 14.5 Å². The number of hydrogen-bond acceptors (Lipinski definition) is 5. The molecule has 0 spiro atoms. The van der Waals surface area contributed by atoms with Crippen molar-refractivity contribution in [3.8, 4) is 0 Å². The number of likely N-dealkylation sites (tertiary alicyclic amines) is 1. The van der Waals surface area contributed by atoms with Crippen LogP contribution in [0.3, 0.4) is 0 Å². The number of hydrogen-bond donors (Lipinski definition) is 3. The number of rotatable bonds is 7. The summed E-state index contributed by atoms with van der Waals surface area (Å²) >= 11 is 0. The zero-order valence-electron chi connectivity index (χ0n) is 18.7. The largest absolute Gasteiger partial charge is 0.459 e. The van der Waals surface area contributed by atoms with Crippen molar-refractivity contribution in [2.24, 2.45) is 0 Å². The zero-order valence-corrected chi connectivity index (χ0v) is 18.7. The molecule has 0 aliphatic carbocycles. The summed E-state index contributed by atoms with van der Waals surface area (Å²) in [6.07, 6.45) is 2.94. The van der Waals surface area contributed by atoms with Crippen molar-refractivity contribution in [2.45, 2.75) is 39.0 Å². The van der Waals surface area contributed by atoms with Crippen LogP contribution in [0.1, 0.15) is 50.4 Å². The third kappa shape index (κ3) is 6.09. The number of benzene rings is 2. The van der Waals surface area contributed by atoms with Crippen LogP contribution >= 0.6 is 0 Å². The maximum Gasteiger partial charge on any atom is 0.291 e. The van der Waals surface area contributed by atoms with Crippen molar-refractivity contribution in [2.75, 3.05) is 18.4 Å². The molecule has 33 heavy (non-hydrogen) atoms. The summed E-state index contributed by atoms with van der Waals surface area (Å²) in [5.74, 6) is -0.355. The van der Waals surface area contributed by atoms with Gasteiger partial charge in [0.05, 0.1) is 12.4 Å². The number of carbonyl (C=O) groups is 2. The van der Waals surface area contributed by atoms with Crippen molar-refractivity contribution in [1.82, 2.24) is 10.2 Å². The topological polar surface area (TPSA) is 94.8 Å². The van der Waals surface area contributed by atoms with E-state index in [2.05, 4.69) is 27.7 Å². The molecule has 4 rings (SSSR count). The molecule has 3 aromatic rings. The summed E-state index contributed by atoms with van der Waals surface area (Å²) in [7, 11) is 0. The van der Waals surface area contributed by atoms with Crippen LogP contribution in [-0.2, 0) is 13.1 Å². The second-order valence-corrected chi connectivity index (χ2v) is 8.47. The predicted octanol–water partition coefficient (Wildman–Crippen LogP) is 3.73. The van der Waals surface area contributed by atoms with Crippen molar-refractivity contribution in [1.29, 1.82) is 0 Å². The van der Waals surface area contributed by atoms with E-state index in [1.54, 1.807) is 30.3 Å². The minimum Gasteiger partial charge on any atom is -0.459 e. The molecule has 2 aromatic carbocycles. The molecular formula is C26H29N3O4. The predicted molar refractivity (Wildman–Crippen MR) is 126 cm³/mol. The van der Waals surface area contributed by atoms with Gasteiger partial charge in [-0.2, -0.15) is 0 Å². The Balaban J connectivity index is 1.31. The SMILES string of the molecule is Cc1ccc(C(=O)NCc2ccc(CN3CCC(O)CC3)cc2)cc1NC(=O)c1ccco1. The number of nitrogens with zero attached hydrogens (tertiary/aromatic N) is 1. The van der Waals surface area contributed by atoms with Crippen LogP contribution in [0.25, 0.3) is 0 Å². The number of carbonyl (C=O) groups excluding carboxylic acids is 2. The van der Waals surface area contributed by atoms with Crippen LogP contribution < -0.4 is 10.6 Å². The molecule has 0 saturated carbocycles. The van der Waals surface area contributed by atoms with Crippen LogP contribution in [0.15, 0.2) is 65.3 Å². The number of amides is 2. The summed E-state index contributed by atoms with van der Waals surface area (Å²) in [4.78, 5) is 27.3. The second kappa shape index (κ2) is 10.5. The lowest BCUT2D eigenvalue weighted by atomic mass is 10.1. The van der Waals surface area contributed by atoms with Gasteiger partial charge in [0.2, 0.25) is 0 Å². The molecule has 1 aliphatic heterocycles. The fourth-order valence-corrected chi connectivity index (χ4v) is 3.87. The van der Waals surface area contributed by atoms with Gasteiger partial charge in [0.15, 0.2) is 5.76 Å². The molecule has 0 radical (unpaired) electrons. The molecule has 172 valence electrons. The molecule has 0 bridgehead atoms. The molecule has 7 heteroatoms. The van der Waals surface area contributed by atoms with Gasteiger partial charge in [-0.25, -0.2) is 0 Å². The van der Waals surface area contributed by atoms with Crippen molar-refractivity contribution >= 4 is 17.5 Å². The highest BCUT2D eigenvalue weighted by atomic mass is 16.3. The lowest BCUT2D eigenvalue weighted by Crippen LogP contribution is -2.35. The van der Waals surface area contributed by atoms with Gasteiger partial charge in [0.1, 0.15) is 0 Å². The van der Waals surface area contributed by atoms with E-state index in [4.69, 9.17) is 4.42 Å². The van der Waals surface area contributed by atoms with Crippen LogP contribution in [0.5, 0.6) is 0 Å². The number of piperidine rings is 1. The molecule has 3 N–H and O–H groups in total. The zero-order chi connectivity index (χ0) is 23.2. The lowest BCUT2D eigenvalue weighted by Gasteiger charge is -2.29. The first-order chi connectivity index (χ1) is 16.0. The molecule has 0 unspecified atom stereocenters. The summed E-state index contributed by atoms with van der Waals surface area (Å²) in [5, 5.41) is 15.4. The average Bonchev–Trinajstić information content (AvgIpc) is 3.36. The Morgan fingerprint density at radius 1 is 1.03 bits per heavy atom. The molecule has 1 aromatic heterocycles. The molecule has 2 amide bonds. The third-order valence-corrected chi connectivity index (χ3v) is 5.93. The van der Waals surface area contributed by atoms with Crippen molar-refractivity contribution < 1.29 is 19.1 Å². The van der Waals surface area contributed by atoms with Gasteiger partial charge < -0.3 is 20.2 Å². The van der Waals surface area contributed by atoms with E-state index >= 15 is 0 Å². The smallest absolute Gasteiger partial charge is 0.291 e. The number of nitrogens with one attached hydrogen (secondary N) is 2. The molecule has 0 atom stereocenters. The maximum absolute atomic E-state index is 12.7. The van der Waals surface area contributed by atoms with E-state index in [0.29, 0.717) is 17.8 Å². The molecule has 7 nitrogen and oxygen atoms in total. The van der Waals surface area contributed by atoms with Crippen molar-refractivity contribution in [3.05, 3.63) is 88.9 Å². The number of aliphatic hydroxyl groups is 1. The van der Waals surface area contributed by atoms with Gasteiger partial charge in [-0.05, 0) is 60.7 Å². The normalized spacial score (nSPS) is 14.7. The van der Waals surface area contributed by atoms with Crippen molar-refractivity contribution in [3.63, 3.8) is 0 Å². The van der Waals surface area contributed by atoms with E-state index < -0.39 is 0 Å². The van der Waals surface area contributed by atoms with E-state index in [1.165, 1.54) is 11.8 Å². The van der Waals surface area contributed by atoms with E-state index in [-0.39, 0.29) is 23.7 Å². The highest BCUT2D eigenvalue weighted by Crippen LogP contribution is 2.19. The number of aryl methyl sites for hydroxylation is 1. The van der Waals surface area contributed by atoms with Gasteiger partial charge in [0, 0.05) is 37.4 Å². The van der Waals surface area contributed by atoms with Gasteiger partial charge in [-0.1, -0.05) is 30.3 Å². The van der Waals surface area contributed by atoms with Crippen LogP contribution in [-0.4, -0.2) is 41.0 Å². The fraction of sp³-hybridized carbons (Fsp3) is 0.308. The fourth-order valence-electron chi connectivity index (χ4n) is 3.87. The summed E-state index contributed by atoms with van der Waals surface area (Å²) < 4.78 is 5.12. The van der Waals surface area contributed by atoms with Gasteiger partial charge in [-0.15, -0.1) is 0 Å². The minimum atomic E-state index is -0.360. The Labute approximate surface area is 193 Å². The Morgan fingerprint density at radius 3 is 2.45 bits per heavy atom. The number of furan rings is 1. The van der Waals surface area contributed by atoms with Crippen LogP contribution in [0, 0.1) is 6.92 Å². The van der Waals surface area contributed by atoms with Gasteiger partial charge in [0.25, 0.3) is 11.8 Å². The van der Waals surface area contributed by atoms with Crippen LogP contribution in [0.2, 0.25) is 0 Å². The molecular weight excluding hydrogens is 418 g/mol. The minimum absolute atomic E-state index is 0.163. The Bertz CT molecular complexity index is 1090. The van der Waals surface area contributed by atoms with E-state index in [1.807, 2.05) is 19.1 Å². The third-order valence-electron chi connectivity index (χ3n) is 5.93. The molecule has 2 heterocycles. The molecule has 1 aliphatic rings. The van der Waals surface area contributed by atoms with E-state index in [0.717, 1.165) is 43.6 Å². The highest BCUT2D eigenvalue weighted by Gasteiger charge is 2.17. The first-order valence-electron chi connectivity index (χ1n) is 11.2. The molecule has 1 saturated heterocycles. The van der Waals surface area contributed by atoms with E-state index in [9.17, 15) is 14.7 Å². The first kappa shape index (κ1) is 22.8. The second-order valence-electron chi connectivity index (χ2n) is 8.47. The molecule has 1 fully saturated rings. The monoisotopic (exact) mass is 447 g/mol. The summed E-state index contributed by atoms with van der Waals surface area (Å²) in [6, 6.07) is 16.7. The average molecular weight is 448 g/mol. The number of aliphatic hydroxyl groups excluding tert-OH is 1. The Hall–Kier alpha value is -3.42. The quantitative estimate of drug-likeness (QED) is 0.513. The Morgan fingerprint density at radius 2 is 1.76 bits per heavy atom. The highest BCUT2D eigenvalue weighted by molar-refractivity contribution is 6.03. The number of anilines is 1. The Kier molecular flexibility index (Phi) is 7.22. The standard InChI is InChI=1S/C26H29N3O4/c1-18-4-9-21(15-23(18)28-26(32)24-3-2-14-33-24)25(31)27-16-19-5-7-20(8-6-19)17-29-12-10-22(30)11-13-29/h2-9,14-15,22,30H,10-13,16-17H2,1H3,(H,27,31)(H,28,32). The lowest BCUT2D eigenvalue weighted by molar-refractivity contribution is 0.0792. The summed E-state index contributed by atoms with van der Waals surface area (Å²) in [6.45, 7) is 4.98. The van der Waals surface area contributed by atoms with Gasteiger partial charge >= 0.3 is 0 Å². The van der Waals surface area contributed by atoms with Crippen LogP contribution in [0.4, 0.5) is 5.69 Å². The first-order valence-corrected chi connectivity index (χ1v) is 11.2. The summed E-state index contributed by atoms with van der Waals surface area (Å²) in [5.41, 5.74) is 4.12. The maximum atomic E-state index is 12.7.